The van der Waals surface area contributed by atoms with Crippen LogP contribution in [-0.4, -0.2) is 0 Å². The molecule has 0 amide bonds. The molecule has 2 aliphatic carbocycles. The Labute approximate surface area is 294 Å². The van der Waals surface area contributed by atoms with Crippen LogP contribution in [0, 0.1) is 0 Å². The van der Waals surface area contributed by atoms with Gasteiger partial charge in [-0.2, -0.15) is 0 Å². The monoisotopic (exact) mass is 682 g/mol. The largest absolute Gasteiger partial charge is 1.00 e. The van der Waals surface area contributed by atoms with Gasteiger partial charge in [-0.15, -0.1) is 0 Å². The van der Waals surface area contributed by atoms with Gasteiger partial charge in [0.05, 0.1) is 0 Å². The molecular weight excluding hydrogens is 635 g/mol. The van der Waals surface area contributed by atoms with E-state index in [9.17, 15) is 0 Å². The molecule has 238 valence electrons. The summed E-state index contributed by atoms with van der Waals surface area (Å²) >= 11 is -2.51. The van der Waals surface area contributed by atoms with Crippen molar-refractivity contribution in [1.82, 2.24) is 0 Å². The quantitative estimate of drug-likeness (QED) is 0.163. The molecule has 0 N–H and O–H groups in total. The van der Waals surface area contributed by atoms with Crippen LogP contribution in [0.5, 0.6) is 0 Å². The van der Waals surface area contributed by atoms with Gasteiger partial charge in [0.15, 0.2) is 0 Å². The Morgan fingerprint density at radius 1 is 0.543 bits per heavy atom. The molecule has 1 fully saturated rings. The molecule has 46 heavy (non-hydrogen) atoms. The van der Waals surface area contributed by atoms with Crippen LogP contribution in [0.4, 0.5) is 0 Å². The summed E-state index contributed by atoms with van der Waals surface area (Å²) in [4.78, 5) is 0. The minimum atomic E-state index is -2.51. The number of benzene rings is 4. The maximum atomic E-state index is 2.67. The van der Waals surface area contributed by atoms with Crippen LogP contribution in [0.3, 0.4) is 0 Å². The van der Waals surface area contributed by atoms with Crippen LogP contribution in [0.15, 0.2) is 96.1 Å². The topological polar surface area (TPSA) is 0 Å². The second-order valence-corrected chi connectivity index (χ2v) is 20.8. The molecule has 0 radical (unpaired) electrons. The summed E-state index contributed by atoms with van der Waals surface area (Å²) in [6.45, 7) is 9.26. The second kappa shape index (κ2) is 14.8. The van der Waals surface area contributed by atoms with E-state index in [0.717, 1.165) is 12.8 Å². The molecular formula is C43H48Cl2Ti. The van der Waals surface area contributed by atoms with Gasteiger partial charge in [-0.05, 0) is 0 Å². The Morgan fingerprint density at radius 2 is 0.957 bits per heavy atom. The maximum Gasteiger partial charge on any atom is -1.00 e. The van der Waals surface area contributed by atoms with Crippen molar-refractivity contribution in [2.75, 3.05) is 0 Å². The standard InChI is InChI=1S/2C20H21.C3H6.2ClH.Ti/c2*1-3-6-16-13-18-7-5-8-19(20(18)14-16)17-11-9-15(4-2)10-12-17;1-3-2;;;/h2*5,7-14H,3-4,6H2,1-2H3;1-3H2;2*1H;/q;;;;;+2/p-2. The van der Waals surface area contributed by atoms with E-state index in [-0.39, 0.29) is 24.8 Å². The van der Waals surface area contributed by atoms with Crippen molar-refractivity contribution in [3.8, 4) is 22.3 Å². The van der Waals surface area contributed by atoms with Crippen LogP contribution < -0.4 is 24.8 Å². The van der Waals surface area contributed by atoms with E-state index in [4.69, 9.17) is 0 Å². The molecule has 7 rings (SSSR count). The average molecular weight is 684 g/mol. The first-order valence-electron chi connectivity index (χ1n) is 17.5. The third-order valence-electron chi connectivity index (χ3n) is 11.2. The molecule has 2 unspecified atom stereocenters. The first-order valence-corrected chi connectivity index (χ1v) is 21.5. The zero-order valence-corrected chi connectivity index (χ0v) is 31.1. The van der Waals surface area contributed by atoms with Crippen molar-refractivity contribution in [2.24, 2.45) is 0 Å². The molecule has 1 saturated heterocycles. The maximum absolute atomic E-state index is 2.67. The molecule has 0 spiro atoms. The number of rotatable bonds is 10. The Morgan fingerprint density at radius 3 is 1.28 bits per heavy atom. The number of fused-ring (bicyclic) bond motifs is 2. The molecule has 0 saturated carbocycles. The Hall–Kier alpha value is -2.35. The van der Waals surface area contributed by atoms with E-state index in [0.29, 0.717) is 8.45 Å². The van der Waals surface area contributed by atoms with Crippen molar-refractivity contribution in [3.05, 3.63) is 129 Å². The third-order valence-corrected chi connectivity index (χ3v) is 20.9. The van der Waals surface area contributed by atoms with E-state index < -0.39 is 16.6 Å². The number of hydrogen-bond donors (Lipinski definition) is 0. The Balaban J connectivity index is 0.00000208. The minimum Gasteiger partial charge on any atom is -1.00 e. The van der Waals surface area contributed by atoms with Gasteiger partial charge in [0.1, 0.15) is 0 Å². The van der Waals surface area contributed by atoms with Crippen LogP contribution in [0.1, 0.15) is 102 Å². The van der Waals surface area contributed by atoms with E-state index in [1.165, 1.54) is 86.1 Å². The summed E-state index contributed by atoms with van der Waals surface area (Å²) in [6, 6.07) is 33.3. The molecule has 3 aliphatic rings. The van der Waals surface area contributed by atoms with Crippen molar-refractivity contribution < 1.29 is 41.4 Å². The summed E-state index contributed by atoms with van der Waals surface area (Å²) in [5.41, 5.74) is 18.4. The second-order valence-electron chi connectivity index (χ2n) is 13.6. The fraction of sp³-hybridized carbons (Fsp3) is 0.349. The summed E-state index contributed by atoms with van der Waals surface area (Å²) < 4.78 is 4.36. The van der Waals surface area contributed by atoms with Crippen LogP contribution >= 0.6 is 0 Å². The molecule has 0 bridgehead atoms. The Kier molecular flexibility index (Phi) is 11.3. The fourth-order valence-corrected chi connectivity index (χ4v) is 18.9. The molecule has 4 aromatic carbocycles. The predicted molar refractivity (Wildman–Crippen MR) is 188 cm³/mol. The van der Waals surface area contributed by atoms with Crippen molar-refractivity contribution in [2.45, 2.75) is 90.5 Å². The zero-order valence-electron chi connectivity index (χ0n) is 28.0. The normalized spacial score (nSPS) is 18.1. The zero-order chi connectivity index (χ0) is 30.3. The van der Waals surface area contributed by atoms with Crippen LogP contribution in [0.2, 0.25) is 9.45 Å². The van der Waals surface area contributed by atoms with Gasteiger partial charge in [-0.3, -0.25) is 0 Å². The smallest absolute Gasteiger partial charge is 1.00 e. The first-order chi connectivity index (χ1) is 21.6. The third kappa shape index (κ3) is 5.94. The molecule has 1 heterocycles. The minimum absolute atomic E-state index is 0. The Bertz CT molecular complexity index is 1600. The van der Waals surface area contributed by atoms with Gasteiger partial charge in [-0.25, -0.2) is 0 Å². The van der Waals surface area contributed by atoms with Gasteiger partial charge in [-0.1, -0.05) is 0 Å². The molecule has 0 aromatic heterocycles. The number of allylic oxidation sites excluding steroid dienone is 2. The van der Waals surface area contributed by atoms with Gasteiger partial charge >= 0.3 is 271 Å². The van der Waals surface area contributed by atoms with Crippen molar-refractivity contribution >= 4 is 12.2 Å². The van der Waals surface area contributed by atoms with Gasteiger partial charge < -0.3 is 24.8 Å². The van der Waals surface area contributed by atoms with Crippen molar-refractivity contribution in [1.29, 1.82) is 0 Å². The van der Waals surface area contributed by atoms with E-state index in [2.05, 4.69) is 125 Å². The summed E-state index contributed by atoms with van der Waals surface area (Å²) in [5.74, 6) is 0. The SMILES string of the molecule is CCCC1=Cc2c(-c3ccc(CC)cc3)cccc2[CH]1[Ti+2]1([CH]2C(CCC)=Cc3c(-c4ccc(CC)cc4)cccc32)[CH2]C[CH2]1.[Cl-].[Cl-]. The summed E-state index contributed by atoms with van der Waals surface area (Å²) in [6.07, 6.45) is 13.9. The number of hydrogen-bond acceptors (Lipinski definition) is 0. The fourth-order valence-electron chi connectivity index (χ4n) is 8.97. The summed E-state index contributed by atoms with van der Waals surface area (Å²) in [7, 11) is 0. The van der Waals surface area contributed by atoms with Gasteiger partial charge in [0.2, 0.25) is 0 Å². The molecule has 3 heteroatoms. The van der Waals surface area contributed by atoms with Gasteiger partial charge in [0, 0.05) is 0 Å². The van der Waals surface area contributed by atoms with Crippen molar-refractivity contribution in [3.63, 3.8) is 0 Å². The van der Waals surface area contributed by atoms with E-state index >= 15 is 0 Å². The van der Waals surface area contributed by atoms with Gasteiger partial charge in [0.25, 0.3) is 0 Å². The van der Waals surface area contributed by atoms with Crippen LogP contribution in [0.25, 0.3) is 34.4 Å². The predicted octanol–water partition coefficient (Wildman–Crippen LogP) is 6.72. The van der Waals surface area contributed by atoms with E-state index in [1.807, 2.05) is 0 Å². The molecule has 1 aliphatic heterocycles. The first kappa shape index (κ1) is 35.0. The molecule has 0 nitrogen and oxygen atoms in total. The average Bonchev–Trinajstić information content (AvgIpc) is 3.60. The molecule has 2 atom stereocenters. The number of halogens is 2. The van der Waals surface area contributed by atoms with Crippen LogP contribution in [-0.2, 0) is 29.4 Å². The number of aryl methyl sites for hydroxylation is 2. The summed E-state index contributed by atoms with van der Waals surface area (Å²) in [5, 5.41) is 0. The van der Waals surface area contributed by atoms with E-state index in [1.54, 1.807) is 22.3 Å². The molecule has 4 aromatic rings.